The van der Waals surface area contributed by atoms with Gasteiger partial charge >= 0.3 is 0 Å². The highest BCUT2D eigenvalue weighted by Gasteiger charge is 2.48. The van der Waals surface area contributed by atoms with Gasteiger partial charge in [0, 0.05) is 18.0 Å². The van der Waals surface area contributed by atoms with Crippen molar-refractivity contribution in [3.8, 4) is 0 Å². The third-order valence-corrected chi connectivity index (χ3v) is 4.77. The van der Waals surface area contributed by atoms with Gasteiger partial charge in [-0.1, -0.05) is 38.1 Å². The first-order valence-corrected chi connectivity index (χ1v) is 7.58. The summed E-state index contributed by atoms with van der Waals surface area (Å²) in [7, 11) is 4.14. The standard InChI is InChI=1S/C17H28N2/c1-5-13(2)14-6-8-15(9-7-14)16(19-4)17(10-11-17)12-18-3/h6-9,13,16,18-19H,5,10-12H2,1-4H3. The molecule has 2 unspecified atom stereocenters. The topological polar surface area (TPSA) is 24.1 Å². The molecule has 1 aromatic carbocycles. The van der Waals surface area contributed by atoms with Crippen LogP contribution in [0, 0.1) is 5.41 Å². The van der Waals surface area contributed by atoms with Gasteiger partial charge in [-0.05, 0) is 50.4 Å². The van der Waals surface area contributed by atoms with Crippen molar-refractivity contribution in [2.45, 2.75) is 45.1 Å². The van der Waals surface area contributed by atoms with Gasteiger partial charge in [-0.25, -0.2) is 0 Å². The van der Waals surface area contributed by atoms with Crippen LogP contribution in [0.25, 0.3) is 0 Å². The largest absolute Gasteiger partial charge is 0.319 e. The number of hydrogen-bond donors (Lipinski definition) is 2. The fourth-order valence-electron chi connectivity index (χ4n) is 3.16. The Morgan fingerprint density at radius 2 is 1.68 bits per heavy atom. The second-order valence-corrected chi connectivity index (χ2v) is 6.09. The molecule has 2 N–H and O–H groups in total. The van der Waals surface area contributed by atoms with Crippen molar-refractivity contribution in [3.63, 3.8) is 0 Å². The first kappa shape index (κ1) is 14.5. The second kappa shape index (κ2) is 6.06. The van der Waals surface area contributed by atoms with E-state index in [-0.39, 0.29) is 0 Å². The summed E-state index contributed by atoms with van der Waals surface area (Å²) >= 11 is 0. The predicted molar refractivity (Wildman–Crippen MR) is 82.5 cm³/mol. The van der Waals surface area contributed by atoms with Crippen molar-refractivity contribution in [1.82, 2.24) is 10.6 Å². The zero-order chi connectivity index (χ0) is 13.9. The number of hydrogen-bond acceptors (Lipinski definition) is 2. The highest BCUT2D eigenvalue weighted by Crippen LogP contribution is 2.54. The summed E-state index contributed by atoms with van der Waals surface area (Å²) in [6.07, 6.45) is 3.86. The summed E-state index contributed by atoms with van der Waals surface area (Å²) in [5, 5.41) is 6.88. The normalized spacial score (nSPS) is 20.0. The van der Waals surface area contributed by atoms with E-state index in [1.165, 1.54) is 30.4 Å². The SMILES string of the molecule is CCC(C)c1ccc(C(NC)C2(CNC)CC2)cc1. The first-order valence-electron chi connectivity index (χ1n) is 7.58. The van der Waals surface area contributed by atoms with Crippen LogP contribution in [-0.4, -0.2) is 20.6 Å². The molecule has 106 valence electrons. The van der Waals surface area contributed by atoms with Gasteiger partial charge in [0.05, 0.1) is 0 Å². The molecule has 0 aliphatic heterocycles. The maximum Gasteiger partial charge on any atom is 0.0386 e. The number of nitrogens with one attached hydrogen (secondary N) is 2. The molecule has 2 heteroatoms. The zero-order valence-corrected chi connectivity index (χ0v) is 12.8. The molecule has 0 bridgehead atoms. The van der Waals surface area contributed by atoms with Crippen LogP contribution in [0.3, 0.4) is 0 Å². The first-order chi connectivity index (χ1) is 9.16. The smallest absolute Gasteiger partial charge is 0.0386 e. The van der Waals surface area contributed by atoms with Crippen LogP contribution in [0.2, 0.25) is 0 Å². The Labute approximate surface area is 118 Å². The Morgan fingerprint density at radius 1 is 1.11 bits per heavy atom. The van der Waals surface area contributed by atoms with Crippen molar-refractivity contribution in [2.75, 3.05) is 20.6 Å². The molecule has 0 spiro atoms. The molecule has 0 heterocycles. The third kappa shape index (κ3) is 3.01. The quantitative estimate of drug-likeness (QED) is 0.784. The molecule has 0 radical (unpaired) electrons. The molecule has 2 rings (SSSR count). The summed E-state index contributed by atoms with van der Waals surface area (Å²) in [4.78, 5) is 0. The molecule has 1 saturated carbocycles. The lowest BCUT2D eigenvalue weighted by Crippen LogP contribution is -2.33. The minimum absolute atomic E-state index is 0.432. The summed E-state index contributed by atoms with van der Waals surface area (Å²) in [6, 6.07) is 9.73. The molecule has 2 atom stereocenters. The minimum Gasteiger partial charge on any atom is -0.319 e. The van der Waals surface area contributed by atoms with Crippen molar-refractivity contribution in [3.05, 3.63) is 35.4 Å². The molecule has 0 aromatic heterocycles. The number of rotatable bonds is 7. The lowest BCUT2D eigenvalue weighted by molar-refractivity contribution is 0.347. The summed E-state index contributed by atoms with van der Waals surface area (Å²) in [6.45, 7) is 5.65. The van der Waals surface area contributed by atoms with Crippen LogP contribution in [-0.2, 0) is 0 Å². The van der Waals surface area contributed by atoms with Crippen LogP contribution in [0.4, 0.5) is 0 Å². The zero-order valence-electron chi connectivity index (χ0n) is 12.8. The molecular formula is C17H28N2. The van der Waals surface area contributed by atoms with Gasteiger partial charge in [0.25, 0.3) is 0 Å². The number of benzene rings is 1. The van der Waals surface area contributed by atoms with Gasteiger partial charge in [-0.2, -0.15) is 0 Å². The van der Waals surface area contributed by atoms with Crippen LogP contribution in [0.1, 0.15) is 56.2 Å². The highest BCUT2D eigenvalue weighted by molar-refractivity contribution is 5.30. The van der Waals surface area contributed by atoms with Gasteiger partial charge in [0.1, 0.15) is 0 Å². The molecule has 1 fully saturated rings. The fraction of sp³-hybridized carbons (Fsp3) is 0.647. The van der Waals surface area contributed by atoms with E-state index < -0.39 is 0 Å². The Morgan fingerprint density at radius 3 is 2.11 bits per heavy atom. The van der Waals surface area contributed by atoms with E-state index >= 15 is 0 Å². The van der Waals surface area contributed by atoms with E-state index in [9.17, 15) is 0 Å². The Balaban J connectivity index is 2.16. The van der Waals surface area contributed by atoms with Crippen LogP contribution < -0.4 is 10.6 Å². The molecule has 1 aliphatic rings. The van der Waals surface area contributed by atoms with E-state index in [0.29, 0.717) is 17.4 Å². The van der Waals surface area contributed by atoms with Crippen molar-refractivity contribution in [2.24, 2.45) is 5.41 Å². The van der Waals surface area contributed by atoms with E-state index in [2.05, 4.69) is 62.8 Å². The predicted octanol–water partition coefficient (Wildman–Crippen LogP) is 3.46. The fourth-order valence-corrected chi connectivity index (χ4v) is 3.16. The average Bonchev–Trinajstić information content (AvgIpc) is 3.20. The van der Waals surface area contributed by atoms with Crippen molar-refractivity contribution >= 4 is 0 Å². The van der Waals surface area contributed by atoms with E-state index in [1.54, 1.807) is 0 Å². The molecule has 2 nitrogen and oxygen atoms in total. The van der Waals surface area contributed by atoms with Crippen LogP contribution in [0.15, 0.2) is 24.3 Å². The molecule has 1 aliphatic carbocycles. The Hall–Kier alpha value is -0.860. The maximum atomic E-state index is 3.53. The van der Waals surface area contributed by atoms with E-state index in [4.69, 9.17) is 0 Å². The molecule has 0 amide bonds. The lowest BCUT2D eigenvalue weighted by Gasteiger charge is -2.27. The maximum absolute atomic E-state index is 3.53. The molecule has 0 saturated heterocycles. The molecular weight excluding hydrogens is 232 g/mol. The van der Waals surface area contributed by atoms with Gasteiger partial charge in [-0.15, -0.1) is 0 Å². The van der Waals surface area contributed by atoms with Crippen LogP contribution in [0.5, 0.6) is 0 Å². The van der Waals surface area contributed by atoms with Crippen molar-refractivity contribution < 1.29 is 0 Å². The van der Waals surface area contributed by atoms with E-state index in [1.807, 2.05) is 0 Å². The monoisotopic (exact) mass is 260 g/mol. The van der Waals surface area contributed by atoms with Crippen LogP contribution >= 0.6 is 0 Å². The molecule has 19 heavy (non-hydrogen) atoms. The minimum atomic E-state index is 0.432. The van der Waals surface area contributed by atoms with Crippen molar-refractivity contribution in [1.29, 1.82) is 0 Å². The van der Waals surface area contributed by atoms with Gasteiger partial charge in [0.2, 0.25) is 0 Å². The Kier molecular flexibility index (Phi) is 4.64. The third-order valence-electron chi connectivity index (χ3n) is 4.77. The second-order valence-electron chi connectivity index (χ2n) is 6.09. The summed E-state index contributed by atoms with van der Waals surface area (Å²) in [5.41, 5.74) is 3.32. The van der Waals surface area contributed by atoms with Gasteiger partial charge in [0.15, 0.2) is 0 Å². The Bertz CT molecular complexity index is 392. The highest BCUT2D eigenvalue weighted by atomic mass is 15.0. The summed E-state index contributed by atoms with van der Waals surface area (Å²) < 4.78 is 0. The summed E-state index contributed by atoms with van der Waals surface area (Å²) in [5.74, 6) is 0.661. The van der Waals surface area contributed by atoms with E-state index in [0.717, 1.165) is 6.54 Å². The van der Waals surface area contributed by atoms with Gasteiger partial charge in [-0.3, -0.25) is 0 Å². The average molecular weight is 260 g/mol. The van der Waals surface area contributed by atoms with Gasteiger partial charge < -0.3 is 10.6 Å². The molecule has 1 aromatic rings. The lowest BCUT2D eigenvalue weighted by atomic mass is 9.88.